The van der Waals surface area contributed by atoms with Crippen LogP contribution in [0.25, 0.3) is 11.3 Å². The molecule has 2 aromatic heterocycles. The first-order valence-corrected chi connectivity index (χ1v) is 11.2. The van der Waals surface area contributed by atoms with Gasteiger partial charge in [0.15, 0.2) is 0 Å². The third kappa shape index (κ3) is 4.40. The minimum Gasteiger partial charge on any atom is -0.369 e. The molecule has 1 aromatic carbocycles. The maximum absolute atomic E-state index is 9.32. The standard InChI is InChI=1S/C23H25ClN8/c1-30-8-10-31(11-9-30)19-4-2-18(3-5-19)28-22-26-13-20(24)21(29-22)17-12-27-32(14-17)16-23(15-25)6-7-23/h2-5,12-14H,6-11,16H2,1H3,(H,26,28,29). The number of anilines is 3. The lowest BCUT2D eigenvalue weighted by Crippen LogP contribution is -2.44. The molecule has 8 nitrogen and oxygen atoms in total. The van der Waals surface area contributed by atoms with Crippen LogP contribution in [-0.4, -0.2) is 57.9 Å². The van der Waals surface area contributed by atoms with Crippen molar-refractivity contribution in [1.82, 2.24) is 24.6 Å². The maximum Gasteiger partial charge on any atom is 0.227 e. The maximum atomic E-state index is 9.32. The molecule has 2 aliphatic rings. The number of piperazine rings is 1. The van der Waals surface area contributed by atoms with Gasteiger partial charge in [-0.05, 0) is 44.2 Å². The summed E-state index contributed by atoms with van der Waals surface area (Å²) >= 11 is 6.38. The highest BCUT2D eigenvalue weighted by Crippen LogP contribution is 2.46. The van der Waals surface area contributed by atoms with Gasteiger partial charge in [0.05, 0.1) is 41.1 Å². The van der Waals surface area contributed by atoms with Crippen molar-refractivity contribution in [3.63, 3.8) is 0 Å². The van der Waals surface area contributed by atoms with E-state index in [1.54, 1.807) is 17.1 Å². The molecular weight excluding hydrogens is 424 g/mol. The van der Waals surface area contributed by atoms with Gasteiger partial charge in [0.2, 0.25) is 5.95 Å². The molecule has 2 fully saturated rings. The molecule has 0 unspecified atom stereocenters. The van der Waals surface area contributed by atoms with Crippen molar-refractivity contribution >= 4 is 28.9 Å². The highest BCUT2D eigenvalue weighted by molar-refractivity contribution is 6.32. The van der Waals surface area contributed by atoms with Crippen LogP contribution in [0.5, 0.6) is 0 Å². The second kappa shape index (κ2) is 8.41. The lowest BCUT2D eigenvalue weighted by Gasteiger charge is -2.34. The summed E-state index contributed by atoms with van der Waals surface area (Å²) in [5, 5.41) is 17.4. The Hall–Kier alpha value is -3.15. The van der Waals surface area contributed by atoms with E-state index < -0.39 is 0 Å². The second-order valence-electron chi connectivity index (χ2n) is 8.67. The Bertz CT molecular complexity index is 1140. The van der Waals surface area contributed by atoms with E-state index in [-0.39, 0.29) is 5.41 Å². The quantitative estimate of drug-likeness (QED) is 0.613. The van der Waals surface area contributed by atoms with E-state index in [9.17, 15) is 5.26 Å². The molecule has 3 aromatic rings. The van der Waals surface area contributed by atoms with E-state index >= 15 is 0 Å². The van der Waals surface area contributed by atoms with Crippen LogP contribution in [0.3, 0.4) is 0 Å². The van der Waals surface area contributed by atoms with Crippen LogP contribution < -0.4 is 10.2 Å². The molecule has 3 heterocycles. The normalized spacial score (nSPS) is 17.7. The highest BCUT2D eigenvalue weighted by atomic mass is 35.5. The van der Waals surface area contributed by atoms with Crippen LogP contribution in [0.1, 0.15) is 12.8 Å². The van der Waals surface area contributed by atoms with Gasteiger partial charge in [-0.2, -0.15) is 10.4 Å². The third-order valence-corrected chi connectivity index (χ3v) is 6.47. The fourth-order valence-electron chi connectivity index (χ4n) is 3.92. The zero-order valence-corrected chi connectivity index (χ0v) is 18.8. The van der Waals surface area contributed by atoms with E-state index in [1.165, 1.54) is 5.69 Å². The Morgan fingerprint density at radius 1 is 1.12 bits per heavy atom. The first kappa shape index (κ1) is 20.7. The largest absolute Gasteiger partial charge is 0.369 e. The molecule has 0 spiro atoms. The molecule has 0 radical (unpaired) electrons. The summed E-state index contributed by atoms with van der Waals surface area (Å²) in [6.45, 7) is 4.83. The average molecular weight is 449 g/mol. The van der Waals surface area contributed by atoms with E-state index in [0.29, 0.717) is 23.2 Å². The van der Waals surface area contributed by atoms with Crippen LogP contribution in [-0.2, 0) is 6.54 Å². The SMILES string of the molecule is CN1CCN(c2ccc(Nc3ncc(Cl)c(-c4cnn(CC5(C#N)CC5)c4)n3)cc2)CC1. The molecule has 1 saturated carbocycles. The predicted molar refractivity (Wildman–Crippen MR) is 125 cm³/mol. The molecule has 164 valence electrons. The van der Waals surface area contributed by atoms with Gasteiger partial charge in [0.1, 0.15) is 0 Å². The Balaban J connectivity index is 1.29. The topological polar surface area (TPSA) is 85.9 Å². The average Bonchev–Trinajstić information content (AvgIpc) is 3.44. The first-order chi connectivity index (χ1) is 15.5. The summed E-state index contributed by atoms with van der Waals surface area (Å²) in [6.07, 6.45) is 7.07. The Morgan fingerprint density at radius 3 is 2.56 bits per heavy atom. The summed E-state index contributed by atoms with van der Waals surface area (Å²) in [5.74, 6) is 0.472. The van der Waals surface area contributed by atoms with Crippen molar-refractivity contribution in [2.75, 3.05) is 43.4 Å². The molecule has 1 aliphatic carbocycles. The van der Waals surface area contributed by atoms with Crippen LogP contribution in [0.4, 0.5) is 17.3 Å². The van der Waals surface area contributed by atoms with Gasteiger partial charge in [-0.15, -0.1) is 0 Å². The van der Waals surface area contributed by atoms with Crippen molar-refractivity contribution in [3.8, 4) is 17.3 Å². The number of hydrogen-bond donors (Lipinski definition) is 1. The molecule has 5 rings (SSSR count). The fourth-order valence-corrected chi connectivity index (χ4v) is 4.12. The van der Waals surface area contributed by atoms with Gasteiger partial charge in [-0.1, -0.05) is 11.6 Å². The van der Waals surface area contributed by atoms with Crippen molar-refractivity contribution < 1.29 is 0 Å². The minimum atomic E-state index is -0.262. The van der Waals surface area contributed by atoms with E-state index in [2.05, 4.69) is 55.4 Å². The number of likely N-dealkylation sites (N-methyl/N-ethyl adjacent to an activating group) is 1. The van der Waals surface area contributed by atoms with Gasteiger partial charge < -0.3 is 15.1 Å². The second-order valence-corrected chi connectivity index (χ2v) is 9.08. The van der Waals surface area contributed by atoms with Crippen molar-refractivity contribution in [1.29, 1.82) is 5.26 Å². The number of nitrogens with one attached hydrogen (secondary N) is 1. The van der Waals surface area contributed by atoms with Gasteiger partial charge in [0, 0.05) is 49.3 Å². The summed E-state index contributed by atoms with van der Waals surface area (Å²) in [7, 11) is 2.16. The van der Waals surface area contributed by atoms with Crippen molar-refractivity contribution in [3.05, 3.63) is 47.9 Å². The summed E-state index contributed by atoms with van der Waals surface area (Å²) in [6, 6.07) is 10.7. The molecule has 1 N–H and O–H groups in total. The van der Waals surface area contributed by atoms with E-state index in [1.807, 2.05) is 18.3 Å². The lowest BCUT2D eigenvalue weighted by molar-refractivity contribution is 0.313. The molecular formula is C23H25ClN8. The van der Waals surface area contributed by atoms with Crippen molar-refractivity contribution in [2.24, 2.45) is 5.41 Å². The fraction of sp³-hybridized carbons (Fsp3) is 0.391. The van der Waals surface area contributed by atoms with Crippen LogP contribution in [0, 0.1) is 16.7 Å². The molecule has 32 heavy (non-hydrogen) atoms. The molecule has 9 heteroatoms. The zero-order chi connectivity index (χ0) is 22.1. The van der Waals surface area contributed by atoms with Crippen molar-refractivity contribution in [2.45, 2.75) is 19.4 Å². The van der Waals surface area contributed by atoms with Gasteiger partial charge >= 0.3 is 0 Å². The summed E-state index contributed by atoms with van der Waals surface area (Å²) in [4.78, 5) is 13.7. The number of nitrogens with zero attached hydrogens (tertiary/aromatic N) is 7. The van der Waals surface area contributed by atoms with E-state index in [4.69, 9.17) is 11.6 Å². The summed E-state index contributed by atoms with van der Waals surface area (Å²) < 4.78 is 1.80. The van der Waals surface area contributed by atoms with Gasteiger partial charge in [-0.25, -0.2) is 9.97 Å². The number of aromatic nitrogens is 4. The number of benzene rings is 1. The van der Waals surface area contributed by atoms with Crippen LogP contribution in [0.15, 0.2) is 42.9 Å². The molecule has 0 bridgehead atoms. The number of hydrogen-bond acceptors (Lipinski definition) is 7. The van der Waals surface area contributed by atoms with Gasteiger partial charge in [0.25, 0.3) is 0 Å². The predicted octanol–water partition coefficient (Wildman–Crippen LogP) is 3.79. The monoisotopic (exact) mass is 448 g/mol. The minimum absolute atomic E-state index is 0.262. The summed E-state index contributed by atoms with van der Waals surface area (Å²) in [5.41, 5.74) is 3.30. The number of nitriles is 1. The Morgan fingerprint density at radius 2 is 1.88 bits per heavy atom. The Kier molecular flexibility index (Phi) is 5.45. The van der Waals surface area contributed by atoms with Crippen LogP contribution >= 0.6 is 11.6 Å². The van der Waals surface area contributed by atoms with Gasteiger partial charge in [-0.3, -0.25) is 4.68 Å². The number of halogens is 1. The highest BCUT2D eigenvalue weighted by Gasteiger charge is 2.43. The van der Waals surface area contributed by atoms with E-state index in [0.717, 1.165) is 50.3 Å². The first-order valence-electron chi connectivity index (χ1n) is 10.8. The lowest BCUT2D eigenvalue weighted by atomic mass is 10.1. The smallest absolute Gasteiger partial charge is 0.227 e. The zero-order valence-electron chi connectivity index (χ0n) is 18.0. The molecule has 1 aliphatic heterocycles. The van der Waals surface area contributed by atoms with Crippen LogP contribution in [0.2, 0.25) is 5.02 Å². The molecule has 1 saturated heterocycles. The Labute approximate surface area is 192 Å². The third-order valence-electron chi connectivity index (χ3n) is 6.20. The number of rotatable bonds is 6. The molecule has 0 atom stereocenters. The molecule has 0 amide bonds.